The van der Waals surface area contributed by atoms with E-state index in [2.05, 4.69) is 10.6 Å². The van der Waals surface area contributed by atoms with Crippen molar-refractivity contribution in [3.63, 3.8) is 0 Å². The minimum Gasteiger partial charge on any atom is -0.359 e. The van der Waals surface area contributed by atoms with Crippen LogP contribution in [0.2, 0.25) is 0 Å². The largest absolute Gasteiger partial charge is 0.359 e. The Labute approximate surface area is 115 Å². The topological polar surface area (TPSA) is 61.4 Å². The molecule has 1 saturated heterocycles. The van der Waals surface area contributed by atoms with Crippen LogP contribution in [0.4, 0.5) is 0 Å². The Kier molecular flexibility index (Phi) is 4.45. The van der Waals surface area contributed by atoms with Gasteiger partial charge in [0.15, 0.2) is 0 Å². The number of fused-ring (bicyclic) bond motifs is 1. The van der Waals surface area contributed by atoms with Crippen LogP contribution in [0.1, 0.15) is 26.2 Å². The summed E-state index contributed by atoms with van der Waals surface area (Å²) in [4.78, 5) is 25.7. The molecule has 2 aliphatic rings. The van der Waals surface area contributed by atoms with Gasteiger partial charge in [-0.1, -0.05) is 13.3 Å². The fraction of sp³-hybridized carbons (Fsp3) is 0.857. The third-order valence-electron chi connectivity index (χ3n) is 4.63. The lowest BCUT2D eigenvalue weighted by molar-refractivity contribution is -0.134. The molecule has 1 aliphatic heterocycles. The van der Waals surface area contributed by atoms with E-state index in [9.17, 15) is 9.59 Å². The standard InChI is InChI=1S/C14H25N3O2/c1-9(13(18)15-2)8-17(3)14(19)12-11-6-4-5-10(11)7-16-12/h9-12,16H,4-8H2,1-3H3,(H,15,18). The number of amides is 2. The minimum atomic E-state index is -0.167. The summed E-state index contributed by atoms with van der Waals surface area (Å²) in [5.41, 5.74) is 0. The van der Waals surface area contributed by atoms with Crippen LogP contribution in [0.15, 0.2) is 0 Å². The molecule has 4 atom stereocenters. The van der Waals surface area contributed by atoms with Crippen molar-refractivity contribution in [1.29, 1.82) is 0 Å². The van der Waals surface area contributed by atoms with Crippen LogP contribution < -0.4 is 10.6 Å². The summed E-state index contributed by atoms with van der Waals surface area (Å²) in [6.45, 7) is 3.30. The van der Waals surface area contributed by atoms with E-state index >= 15 is 0 Å². The highest BCUT2D eigenvalue weighted by atomic mass is 16.2. The van der Waals surface area contributed by atoms with E-state index in [1.807, 2.05) is 6.92 Å². The predicted octanol–water partition coefficient (Wildman–Crippen LogP) is 0.215. The number of carbonyl (C=O) groups excluding carboxylic acids is 2. The summed E-state index contributed by atoms with van der Waals surface area (Å²) < 4.78 is 0. The maximum atomic E-state index is 12.5. The Bertz CT molecular complexity index is 359. The molecular formula is C14H25N3O2. The van der Waals surface area contributed by atoms with E-state index in [4.69, 9.17) is 0 Å². The van der Waals surface area contributed by atoms with Gasteiger partial charge in [0.2, 0.25) is 11.8 Å². The first-order chi connectivity index (χ1) is 9.04. The smallest absolute Gasteiger partial charge is 0.239 e. The van der Waals surface area contributed by atoms with Crippen LogP contribution in [-0.4, -0.2) is 49.9 Å². The van der Waals surface area contributed by atoms with Crippen molar-refractivity contribution in [2.45, 2.75) is 32.2 Å². The number of hydrogen-bond donors (Lipinski definition) is 2. The highest BCUT2D eigenvalue weighted by Gasteiger charge is 2.43. The fourth-order valence-corrected chi connectivity index (χ4v) is 3.53. The van der Waals surface area contributed by atoms with Crippen LogP contribution in [-0.2, 0) is 9.59 Å². The summed E-state index contributed by atoms with van der Waals surface area (Å²) in [6.07, 6.45) is 3.66. The number of likely N-dealkylation sites (N-methyl/N-ethyl adjacent to an activating group) is 1. The molecule has 0 bridgehead atoms. The molecule has 0 aromatic heterocycles. The Morgan fingerprint density at radius 3 is 2.84 bits per heavy atom. The van der Waals surface area contributed by atoms with Gasteiger partial charge in [0, 0.05) is 20.6 Å². The van der Waals surface area contributed by atoms with Crippen molar-refractivity contribution in [3.05, 3.63) is 0 Å². The van der Waals surface area contributed by atoms with E-state index in [-0.39, 0.29) is 23.8 Å². The Morgan fingerprint density at radius 2 is 2.16 bits per heavy atom. The van der Waals surface area contributed by atoms with Gasteiger partial charge in [-0.25, -0.2) is 0 Å². The normalized spacial score (nSPS) is 30.8. The zero-order valence-electron chi connectivity index (χ0n) is 12.1. The Balaban J connectivity index is 1.90. The molecule has 1 heterocycles. The molecule has 1 saturated carbocycles. The van der Waals surface area contributed by atoms with E-state index < -0.39 is 0 Å². The van der Waals surface area contributed by atoms with Gasteiger partial charge in [-0.05, 0) is 31.2 Å². The van der Waals surface area contributed by atoms with Crippen molar-refractivity contribution in [2.75, 3.05) is 27.2 Å². The highest BCUT2D eigenvalue weighted by molar-refractivity contribution is 5.84. The maximum Gasteiger partial charge on any atom is 0.239 e. The Morgan fingerprint density at radius 1 is 1.42 bits per heavy atom. The molecule has 108 valence electrons. The van der Waals surface area contributed by atoms with E-state index in [0.29, 0.717) is 18.4 Å². The van der Waals surface area contributed by atoms with Crippen molar-refractivity contribution < 1.29 is 9.59 Å². The molecule has 5 heteroatoms. The van der Waals surface area contributed by atoms with Crippen LogP contribution in [0, 0.1) is 17.8 Å². The van der Waals surface area contributed by atoms with Gasteiger partial charge in [-0.15, -0.1) is 0 Å². The van der Waals surface area contributed by atoms with Crippen molar-refractivity contribution >= 4 is 11.8 Å². The Hall–Kier alpha value is -1.10. The summed E-state index contributed by atoms with van der Waals surface area (Å²) >= 11 is 0. The molecule has 19 heavy (non-hydrogen) atoms. The zero-order valence-corrected chi connectivity index (χ0v) is 12.1. The SMILES string of the molecule is CNC(=O)C(C)CN(C)C(=O)C1NCC2CCCC21. The summed E-state index contributed by atoms with van der Waals surface area (Å²) in [6, 6.07) is -0.0330. The number of carbonyl (C=O) groups is 2. The lowest BCUT2D eigenvalue weighted by Gasteiger charge is -2.26. The third kappa shape index (κ3) is 2.91. The molecule has 2 fully saturated rings. The van der Waals surface area contributed by atoms with Crippen molar-refractivity contribution in [2.24, 2.45) is 17.8 Å². The molecule has 2 amide bonds. The van der Waals surface area contributed by atoms with Gasteiger partial charge in [-0.3, -0.25) is 9.59 Å². The molecule has 0 spiro atoms. The third-order valence-corrected chi connectivity index (χ3v) is 4.63. The van der Waals surface area contributed by atoms with Gasteiger partial charge in [0.25, 0.3) is 0 Å². The summed E-state index contributed by atoms with van der Waals surface area (Å²) in [7, 11) is 3.42. The zero-order chi connectivity index (χ0) is 14.0. The summed E-state index contributed by atoms with van der Waals surface area (Å²) in [5, 5.41) is 5.99. The van der Waals surface area contributed by atoms with Crippen molar-refractivity contribution in [1.82, 2.24) is 15.5 Å². The van der Waals surface area contributed by atoms with Gasteiger partial charge >= 0.3 is 0 Å². The maximum absolute atomic E-state index is 12.5. The van der Waals surface area contributed by atoms with Crippen LogP contribution in [0.3, 0.4) is 0 Å². The van der Waals surface area contributed by atoms with E-state index in [1.54, 1.807) is 19.0 Å². The first kappa shape index (κ1) is 14.3. The first-order valence-electron chi connectivity index (χ1n) is 7.24. The molecule has 5 nitrogen and oxygen atoms in total. The summed E-state index contributed by atoms with van der Waals surface area (Å²) in [5.74, 6) is 1.15. The monoisotopic (exact) mass is 267 g/mol. The lowest BCUT2D eigenvalue weighted by atomic mass is 9.93. The quantitative estimate of drug-likeness (QED) is 0.766. The van der Waals surface area contributed by atoms with Crippen LogP contribution in [0.25, 0.3) is 0 Å². The molecule has 2 rings (SSSR count). The number of nitrogens with zero attached hydrogens (tertiary/aromatic N) is 1. The predicted molar refractivity (Wildman–Crippen MR) is 73.5 cm³/mol. The van der Waals surface area contributed by atoms with E-state index in [0.717, 1.165) is 13.0 Å². The average Bonchev–Trinajstić information content (AvgIpc) is 2.98. The number of hydrogen-bond acceptors (Lipinski definition) is 3. The second kappa shape index (κ2) is 5.90. The molecule has 2 N–H and O–H groups in total. The van der Waals surface area contributed by atoms with Gasteiger partial charge in [-0.2, -0.15) is 0 Å². The second-order valence-electron chi connectivity index (χ2n) is 5.97. The number of nitrogens with one attached hydrogen (secondary N) is 2. The van der Waals surface area contributed by atoms with Gasteiger partial charge in [0.1, 0.15) is 0 Å². The second-order valence-corrected chi connectivity index (χ2v) is 5.97. The molecular weight excluding hydrogens is 242 g/mol. The van der Waals surface area contributed by atoms with Crippen LogP contribution >= 0.6 is 0 Å². The minimum absolute atomic E-state index is 0.0159. The van der Waals surface area contributed by atoms with Gasteiger partial charge in [0.05, 0.1) is 12.0 Å². The molecule has 0 aromatic carbocycles. The first-order valence-corrected chi connectivity index (χ1v) is 7.24. The number of rotatable bonds is 4. The van der Waals surface area contributed by atoms with E-state index in [1.165, 1.54) is 12.8 Å². The average molecular weight is 267 g/mol. The fourth-order valence-electron chi connectivity index (χ4n) is 3.53. The molecule has 0 aromatic rings. The van der Waals surface area contributed by atoms with Crippen LogP contribution in [0.5, 0.6) is 0 Å². The molecule has 4 unspecified atom stereocenters. The highest BCUT2D eigenvalue weighted by Crippen LogP contribution is 2.38. The lowest BCUT2D eigenvalue weighted by Crippen LogP contribution is -2.47. The van der Waals surface area contributed by atoms with Crippen molar-refractivity contribution in [3.8, 4) is 0 Å². The molecule has 0 radical (unpaired) electrons. The van der Waals surface area contributed by atoms with Gasteiger partial charge < -0.3 is 15.5 Å². The molecule has 1 aliphatic carbocycles.